The standard InChI is InChI=1S/C11H11N5O5/c1-6-2-8(21-9(6)10(17)14-12)5-15-4-7(16(19)20)3-13-11(15)18/h2-4H,5,12H2,1H3,(H,14,17). The Bertz CT molecular complexity index is 763. The molecule has 110 valence electrons. The van der Waals surface area contributed by atoms with Crippen molar-refractivity contribution in [1.82, 2.24) is 15.0 Å². The van der Waals surface area contributed by atoms with Crippen molar-refractivity contribution in [2.24, 2.45) is 5.84 Å². The molecule has 3 N–H and O–H groups in total. The number of rotatable bonds is 4. The normalized spacial score (nSPS) is 10.4. The molecule has 0 saturated carbocycles. The summed E-state index contributed by atoms with van der Waals surface area (Å²) < 4.78 is 6.29. The smallest absolute Gasteiger partial charge is 0.348 e. The lowest BCUT2D eigenvalue weighted by molar-refractivity contribution is -0.385. The van der Waals surface area contributed by atoms with Crippen LogP contribution in [0.5, 0.6) is 0 Å². The second-order valence-electron chi connectivity index (χ2n) is 4.18. The monoisotopic (exact) mass is 293 g/mol. The Balaban J connectivity index is 2.34. The fraction of sp³-hybridized carbons (Fsp3) is 0.182. The molecule has 0 aliphatic rings. The van der Waals surface area contributed by atoms with Gasteiger partial charge >= 0.3 is 17.3 Å². The minimum absolute atomic E-state index is 0.0129. The number of nitrogens with one attached hydrogen (secondary N) is 1. The van der Waals surface area contributed by atoms with E-state index in [0.29, 0.717) is 5.56 Å². The lowest BCUT2D eigenvalue weighted by Crippen LogP contribution is -2.30. The minimum atomic E-state index is -0.667. The zero-order chi connectivity index (χ0) is 15.6. The van der Waals surface area contributed by atoms with E-state index in [1.807, 2.05) is 5.43 Å². The van der Waals surface area contributed by atoms with Crippen LogP contribution in [-0.4, -0.2) is 20.4 Å². The Morgan fingerprint density at radius 2 is 2.33 bits per heavy atom. The molecule has 2 aromatic heterocycles. The highest BCUT2D eigenvalue weighted by atomic mass is 16.6. The molecule has 10 heteroatoms. The number of hydrazine groups is 1. The Morgan fingerprint density at radius 1 is 1.62 bits per heavy atom. The average molecular weight is 293 g/mol. The molecule has 21 heavy (non-hydrogen) atoms. The topological polar surface area (TPSA) is 146 Å². The van der Waals surface area contributed by atoms with E-state index >= 15 is 0 Å². The number of nitrogens with zero attached hydrogens (tertiary/aromatic N) is 3. The van der Waals surface area contributed by atoms with Crippen molar-refractivity contribution in [3.63, 3.8) is 0 Å². The highest BCUT2D eigenvalue weighted by molar-refractivity contribution is 5.92. The van der Waals surface area contributed by atoms with Crippen molar-refractivity contribution < 1.29 is 14.1 Å². The summed E-state index contributed by atoms with van der Waals surface area (Å²) in [6.45, 7) is 1.54. The second kappa shape index (κ2) is 5.54. The SMILES string of the molecule is Cc1cc(Cn2cc([N+](=O)[O-])cnc2=O)oc1C(=O)NN. The highest BCUT2D eigenvalue weighted by Gasteiger charge is 2.16. The zero-order valence-corrected chi connectivity index (χ0v) is 10.9. The van der Waals surface area contributed by atoms with Crippen LogP contribution in [0.4, 0.5) is 5.69 Å². The van der Waals surface area contributed by atoms with Gasteiger partial charge in [-0.05, 0) is 13.0 Å². The van der Waals surface area contributed by atoms with E-state index in [-0.39, 0.29) is 23.8 Å². The molecule has 2 heterocycles. The molecular weight excluding hydrogens is 282 g/mol. The van der Waals surface area contributed by atoms with Crippen LogP contribution in [0, 0.1) is 17.0 Å². The van der Waals surface area contributed by atoms with Gasteiger partial charge in [-0.2, -0.15) is 4.98 Å². The van der Waals surface area contributed by atoms with Crippen LogP contribution in [0.15, 0.2) is 27.7 Å². The number of aryl methyl sites for hydroxylation is 1. The predicted octanol–water partition coefficient (Wildman–Crippen LogP) is -0.295. The molecule has 0 saturated heterocycles. The Kier molecular flexibility index (Phi) is 3.80. The maximum atomic E-state index is 11.6. The summed E-state index contributed by atoms with van der Waals surface area (Å²) in [5, 5.41) is 10.7. The van der Waals surface area contributed by atoms with Crippen LogP contribution in [0.25, 0.3) is 0 Å². The number of carbonyl (C=O) groups is 1. The number of nitrogen functional groups attached to an aromatic ring is 1. The maximum absolute atomic E-state index is 11.6. The molecule has 0 fully saturated rings. The third-order valence-corrected chi connectivity index (χ3v) is 2.68. The van der Waals surface area contributed by atoms with Gasteiger partial charge in [0.05, 0.1) is 17.7 Å². The van der Waals surface area contributed by atoms with E-state index in [1.54, 1.807) is 6.92 Å². The summed E-state index contributed by atoms with van der Waals surface area (Å²) in [6.07, 6.45) is 1.93. The van der Waals surface area contributed by atoms with Crippen LogP contribution >= 0.6 is 0 Å². The molecule has 0 atom stereocenters. The van der Waals surface area contributed by atoms with Crippen molar-refractivity contribution in [3.8, 4) is 0 Å². The predicted molar refractivity (Wildman–Crippen MR) is 69.4 cm³/mol. The van der Waals surface area contributed by atoms with E-state index in [2.05, 4.69) is 4.98 Å². The summed E-state index contributed by atoms with van der Waals surface area (Å²) in [4.78, 5) is 36.4. The van der Waals surface area contributed by atoms with Gasteiger partial charge in [-0.3, -0.25) is 24.9 Å². The molecule has 0 aromatic carbocycles. The van der Waals surface area contributed by atoms with E-state index < -0.39 is 16.5 Å². The lowest BCUT2D eigenvalue weighted by Gasteiger charge is -2.01. The van der Waals surface area contributed by atoms with Crippen molar-refractivity contribution in [2.45, 2.75) is 13.5 Å². The highest BCUT2D eigenvalue weighted by Crippen LogP contribution is 2.15. The largest absolute Gasteiger partial charge is 0.454 e. The molecule has 10 nitrogen and oxygen atoms in total. The van der Waals surface area contributed by atoms with Gasteiger partial charge in [-0.25, -0.2) is 10.6 Å². The first kappa shape index (κ1) is 14.4. The lowest BCUT2D eigenvalue weighted by atomic mass is 10.2. The molecule has 2 aromatic rings. The fourth-order valence-corrected chi connectivity index (χ4v) is 1.74. The number of aromatic nitrogens is 2. The van der Waals surface area contributed by atoms with E-state index in [4.69, 9.17) is 10.3 Å². The van der Waals surface area contributed by atoms with Crippen LogP contribution in [-0.2, 0) is 6.54 Å². The summed E-state index contributed by atoms with van der Waals surface area (Å²) in [5.74, 6) is 4.69. The molecule has 0 bridgehead atoms. The summed E-state index contributed by atoms with van der Waals surface area (Å²) >= 11 is 0. The Morgan fingerprint density at radius 3 is 2.95 bits per heavy atom. The fourth-order valence-electron chi connectivity index (χ4n) is 1.74. The first-order valence-corrected chi connectivity index (χ1v) is 5.73. The van der Waals surface area contributed by atoms with Gasteiger partial charge in [0.1, 0.15) is 12.0 Å². The third-order valence-electron chi connectivity index (χ3n) is 2.68. The third kappa shape index (κ3) is 2.95. The molecule has 0 spiro atoms. The molecular formula is C11H11N5O5. The van der Waals surface area contributed by atoms with Crippen molar-refractivity contribution in [3.05, 3.63) is 56.1 Å². The van der Waals surface area contributed by atoms with E-state index in [9.17, 15) is 19.7 Å². The number of nitrogens with two attached hydrogens (primary N) is 1. The summed E-state index contributed by atoms with van der Waals surface area (Å²) in [5.41, 5.74) is 1.47. The average Bonchev–Trinajstić information content (AvgIpc) is 2.81. The van der Waals surface area contributed by atoms with Gasteiger partial charge < -0.3 is 4.42 Å². The zero-order valence-electron chi connectivity index (χ0n) is 10.9. The maximum Gasteiger partial charge on any atom is 0.348 e. The van der Waals surface area contributed by atoms with Gasteiger partial charge in [-0.15, -0.1) is 0 Å². The Hall–Kier alpha value is -3.01. The molecule has 0 radical (unpaired) electrons. The molecule has 1 amide bonds. The first-order chi connectivity index (χ1) is 9.92. The van der Waals surface area contributed by atoms with Crippen LogP contribution < -0.4 is 17.0 Å². The van der Waals surface area contributed by atoms with Crippen LogP contribution in [0.1, 0.15) is 21.9 Å². The first-order valence-electron chi connectivity index (χ1n) is 5.73. The summed E-state index contributed by atoms with van der Waals surface area (Å²) in [6, 6.07) is 1.54. The molecule has 2 rings (SSSR count). The van der Waals surface area contributed by atoms with Crippen LogP contribution in [0.2, 0.25) is 0 Å². The molecule has 0 aliphatic carbocycles. The van der Waals surface area contributed by atoms with Gasteiger partial charge in [-0.1, -0.05) is 0 Å². The van der Waals surface area contributed by atoms with Crippen molar-refractivity contribution in [2.75, 3.05) is 0 Å². The number of hydrogen-bond donors (Lipinski definition) is 2. The number of nitro groups is 1. The quantitative estimate of drug-likeness (QED) is 0.340. The number of amides is 1. The van der Waals surface area contributed by atoms with Gasteiger partial charge in [0.25, 0.3) is 0 Å². The summed E-state index contributed by atoms with van der Waals surface area (Å²) in [7, 11) is 0. The molecule has 0 aliphatic heterocycles. The van der Waals surface area contributed by atoms with Crippen molar-refractivity contribution in [1.29, 1.82) is 0 Å². The van der Waals surface area contributed by atoms with Gasteiger partial charge in [0.15, 0.2) is 5.76 Å². The Labute approximate surface area is 117 Å². The van der Waals surface area contributed by atoms with Gasteiger partial charge in [0, 0.05) is 5.56 Å². The van der Waals surface area contributed by atoms with E-state index in [1.165, 1.54) is 6.07 Å². The number of carbonyl (C=O) groups excluding carboxylic acids is 1. The number of furan rings is 1. The molecule has 0 unspecified atom stereocenters. The van der Waals surface area contributed by atoms with Crippen LogP contribution in [0.3, 0.4) is 0 Å². The number of hydrogen-bond acceptors (Lipinski definition) is 7. The van der Waals surface area contributed by atoms with Gasteiger partial charge in [0.2, 0.25) is 0 Å². The minimum Gasteiger partial charge on any atom is -0.454 e. The van der Waals surface area contributed by atoms with Crippen molar-refractivity contribution >= 4 is 11.6 Å². The second-order valence-corrected chi connectivity index (χ2v) is 4.18. The van der Waals surface area contributed by atoms with E-state index in [0.717, 1.165) is 17.0 Å².